The van der Waals surface area contributed by atoms with E-state index in [9.17, 15) is 0 Å². The van der Waals surface area contributed by atoms with Crippen molar-refractivity contribution in [2.75, 3.05) is 26.7 Å². The van der Waals surface area contributed by atoms with Gasteiger partial charge in [0.05, 0.1) is 12.8 Å². The zero-order valence-electron chi connectivity index (χ0n) is 13.5. The molecule has 1 aliphatic carbocycles. The Kier molecular flexibility index (Phi) is 4.99. The lowest BCUT2D eigenvalue weighted by Gasteiger charge is -2.27. The monoisotopic (exact) mass is 291 g/mol. The Hall–Kier alpha value is -0.840. The highest BCUT2D eigenvalue weighted by Crippen LogP contribution is 2.20. The molecule has 2 fully saturated rings. The Morgan fingerprint density at radius 3 is 3.00 bits per heavy atom. The Bertz CT molecular complexity index is 441. The normalized spacial score (nSPS) is 23.3. The molecule has 2 aliphatic rings. The van der Waals surface area contributed by atoms with Crippen LogP contribution < -0.4 is 5.32 Å². The summed E-state index contributed by atoms with van der Waals surface area (Å²) in [5.41, 5.74) is 1.28. The first kappa shape index (κ1) is 15.1. The Labute approximate surface area is 128 Å². The molecule has 1 aromatic rings. The molecule has 21 heavy (non-hydrogen) atoms. The molecule has 1 aliphatic heterocycles. The minimum absolute atomic E-state index is 0.728. The van der Waals surface area contributed by atoms with Crippen LogP contribution >= 0.6 is 0 Å². The molecule has 118 valence electrons. The highest BCUT2D eigenvalue weighted by molar-refractivity contribution is 5.13. The van der Waals surface area contributed by atoms with Gasteiger partial charge in [0.25, 0.3) is 0 Å². The summed E-state index contributed by atoms with van der Waals surface area (Å²) in [7, 11) is 2.21. The lowest BCUT2D eigenvalue weighted by molar-refractivity contribution is 0.187. The van der Waals surface area contributed by atoms with Crippen LogP contribution in [0.25, 0.3) is 0 Å². The van der Waals surface area contributed by atoms with Gasteiger partial charge in [-0.05, 0) is 51.9 Å². The summed E-state index contributed by atoms with van der Waals surface area (Å²) in [6, 6.07) is 3.69. The SMILES string of the molecule is CCN1CCCC1CN(C)Cc1cc(CNC2CC2)co1. The van der Waals surface area contributed by atoms with E-state index in [1.54, 1.807) is 0 Å². The lowest BCUT2D eigenvalue weighted by Crippen LogP contribution is -2.38. The fourth-order valence-electron chi connectivity index (χ4n) is 3.36. The molecule has 1 atom stereocenters. The van der Waals surface area contributed by atoms with Gasteiger partial charge in [-0.1, -0.05) is 6.92 Å². The molecule has 1 saturated carbocycles. The molecule has 4 nitrogen and oxygen atoms in total. The maximum absolute atomic E-state index is 5.71. The summed E-state index contributed by atoms with van der Waals surface area (Å²) in [5.74, 6) is 1.09. The van der Waals surface area contributed by atoms with E-state index >= 15 is 0 Å². The highest BCUT2D eigenvalue weighted by Gasteiger charge is 2.24. The molecule has 1 N–H and O–H groups in total. The van der Waals surface area contributed by atoms with E-state index in [-0.39, 0.29) is 0 Å². The van der Waals surface area contributed by atoms with Gasteiger partial charge in [-0.3, -0.25) is 9.80 Å². The van der Waals surface area contributed by atoms with Gasteiger partial charge in [-0.2, -0.15) is 0 Å². The van der Waals surface area contributed by atoms with E-state index in [2.05, 4.69) is 35.2 Å². The minimum atomic E-state index is 0.728. The number of hydrogen-bond acceptors (Lipinski definition) is 4. The summed E-state index contributed by atoms with van der Waals surface area (Å²) in [6.07, 6.45) is 7.27. The van der Waals surface area contributed by atoms with Crippen LogP contribution in [-0.4, -0.2) is 48.6 Å². The quantitative estimate of drug-likeness (QED) is 0.797. The molecule has 0 bridgehead atoms. The van der Waals surface area contributed by atoms with Crippen molar-refractivity contribution in [1.82, 2.24) is 15.1 Å². The van der Waals surface area contributed by atoms with Gasteiger partial charge in [-0.25, -0.2) is 0 Å². The van der Waals surface area contributed by atoms with E-state index < -0.39 is 0 Å². The number of hydrogen-bond donors (Lipinski definition) is 1. The van der Waals surface area contributed by atoms with Crippen molar-refractivity contribution in [3.8, 4) is 0 Å². The fourth-order valence-corrected chi connectivity index (χ4v) is 3.36. The number of likely N-dealkylation sites (tertiary alicyclic amines) is 1. The molecular weight excluding hydrogens is 262 g/mol. The second-order valence-corrected chi connectivity index (χ2v) is 6.70. The molecule has 1 aromatic heterocycles. The molecule has 1 saturated heterocycles. The average Bonchev–Trinajstić information content (AvgIpc) is 3.02. The average molecular weight is 291 g/mol. The number of likely N-dealkylation sites (N-methyl/N-ethyl adjacent to an activating group) is 2. The van der Waals surface area contributed by atoms with E-state index in [1.165, 1.54) is 44.3 Å². The van der Waals surface area contributed by atoms with E-state index in [4.69, 9.17) is 4.42 Å². The predicted octanol–water partition coefficient (Wildman–Crippen LogP) is 2.45. The van der Waals surface area contributed by atoms with Gasteiger partial charge in [0, 0.05) is 30.7 Å². The lowest BCUT2D eigenvalue weighted by atomic mass is 10.2. The summed E-state index contributed by atoms with van der Waals surface area (Å²) in [5, 5.41) is 3.53. The first-order valence-corrected chi connectivity index (χ1v) is 8.47. The van der Waals surface area contributed by atoms with Crippen molar-refractivity contribution >= 4 is 0 Å². The molecule has 0 amide bonds. The zero-order valence-corrected chi connectivity index (χ0v) is 13.5. The Balaban J connectivity index is 1.44. The minimum Gasteiger partial charge on any atom is -0.468 e. The van der Waals surface area contributed by atoms with E-state index in [0.29, 0.717) is 0 Å². The van der Waals surface area contributed by atoms with Gasteiger partial charge in [0.1, 0.15) is 5.76 Å². The second-order valence-electron chi connectivity index (χ2n) is 6.70. The largest absolute Gasteiger partial charge is 0.468 e. The standard InChI is InChI=1S/C17H29N3O/c1-3-20-8-4-5-16(20)11-19(2)12-17-9-14(13-21-17)10-18-15-6-7-15/h9,13,15-16,18H,3-8,10-12H2,1-2H3. The number of nitrogens with one attached hydrogen (secondary N) is 1. The van der Waals surface area contributed by atoms with Crippen molar-refractivity contribution < 1.29 is 4.42 Å². The first-order valence-electron chi connectivity index (χ1n) is 8.47. The molecule has 1 unspecified atom stereocenters. The molecule has 0 aromatic carbocycles. The summed E-state index contributed by atoms with van der Waals surface area (Å²) < 4.78 is 5.71. The molecule has 4 heteroatoms. The number of furan rings is 1. The number of rotatable bonds is 8. The van der Waals surface area contributed by atoms with Crippen LogP contribution in [0.2, 0.25) is 0 Å². The van der Waals surface area contributed by atoms with Crippen molar-refractivity contribution in [3.63, 3.8) is 0 Å². The smallest absolute Gasteiger partial charge is 0.118 e. The van der Waals surface area contributed by atoms with Gasteiger partial charge in [0.2, 0.25) is 0 Å². The summed E-state index contributed by atoms with van der Waals surface area (Å²) >= 11 is 0. The maximum atomic E-state index is 5.71. The highest BCUT2D eigenvalue weighted by atomic mass is 16.3. The fraction of sp³-hybridized carbons (Fsp3) is 0.765. The topological polar surface area (TPSA) is 31.6 Å². The zero-order chi connectivity index (χ0) is 14.7. The van der Waals surface area contributed by atoms with Crippen LogP contribution in [0.15, 0.2) is 16.7 Å². The summed E-state index contributed by atoms with van der Waals surface area (Å²) in [6.45, 7) is 7.72. The maximum Gasteiger partial charge on any atom is 0.118 e. The van der Waals surface area contributed by atoms with Crippen LogP contribution in [0.4, 0.5) is 0 Å². The second kappa shape index (κ2) is 6.95. The van der Waals surface area contributed by atoms with Gasteiger partial charge < -0.3 is 9.73 Å². The molecule has 2 heterocycles. The third kappa shape index (κ3) is 4.31. The van der Waals surface area contributed by atoms with Gasteiger partial charge >= 0.3 is 0 Å². The Morgan fingerprint density at radius 2 is 2.24 bits per heavy atom. The Morgan fingerprint density at radius 1 is 1.38 bits per heavy atom. The summed E-state index contributed by atoms with van der Waals surface area (Å²) in [4.78, 5) is 5.00. The van der Waals surface area contributed by atoms with Crippen LogP contribution in [0, 0.1) is 0 Å². The molecule has 3 rings (SSSR count). The van der Waals surface area contributed by atoms with E-state index in [0.717, 1.165) is 37.5 Å². The van der Waals surface area contributed by atoms with Crippen LogP contribution in [-0.2, 0) is 13.1 Å². The third-order valence-electron chi connectivity index (χ3n) is 4.73. The van der Waals surface area contributed by atoms with Crippen molar-refractivity contribution in [2.45, 2.75) is 57.8 Å². The molecular formula is C17H29N3O. The number of nitrogens with zero attached hydrogens (tertiary/aromatic N) is 2. The van der Waals surface area contributed by atoms with Crippen molar-refractivity contribution in [1.29, 1.82) is 0 Å². The predicted molar refractivity (Wildman–Crippen MR) is 85.2 cm³/mol. The van der Waals surface area contributed by atoms with Crippen LogP contribution in [0.1, 0.15) is 43.9 Å². The third-order valence-corrected chi connectivity index (χ3v) is 4.73. The van der Waals surface area contributed by atoms with Crippen molar-refractivity contribution in [3.05, 3.63) is 23.7 Å². The first-order chi connectivity index (χ1) is 10.2. The molecule has 0 radical (unpaired) electrons. The van der Waals surface area contributed by atoms with Crippen molar-refractivity contribution in [2.24, 2.45) is 0 Å². The molecule has 0 spiro atoms. The van der Waals surface area contributed by atoms with Crippen LogP contribution in [0.5, 0.6) is 0 Å². The van der Waals surface area contributed by atoms with Crippen LogP contribution in [0.3, 0.4) is 0 Å². The van der Waals surface area contributed by atoms with Gasteiger partial charge in [0.15, 0.2) is 0 Å². The van der Waals surface area contributed by atoms with Gasteiger partial charge in [-0.15, -0.1) is 0 Å². The van der Waals surface area contributed by atoms with E-state index in [1.807, 2.05) is 6.26 Å².